The topological polar surface area (TPSA) is 0 Å². The minimum absolute atomic E-state index is 0.660. The Bertz CT molecular complexity index is 339. The summed E-state index contributed by atoms with van der Waals surface area (Å²) >= 11 is 0. The molecular formula is C15H20. The van der Waals surface area contributed by atoms with Crippen LogP contribution in [-0.2, 0) is 0 Å². The molecule has 0 aromatic heterocycles. The molecule has 0 aliphatic heterocycles. The van der Waals surface area contributed by atoms with Crippen molar-refractivity contribution in [2.45, 2.75) is 33.1 Å². The highest BCUT2D eigenvalue weighted by molar-refractivity contribution is 5.44. The van der Waals surface area contributed by atoms with Crippen molar-refractivity contribution in [3.8, 4) is 0 Å². The van der Waals surface area contributed by atoms with Crippen LogP contribution in [0.2, 0.25) is 0 Å². The first-order valence-electron chi connectivity index (χ1n) is 6.11. The third-order valence-electron chi connectivity index (χ3n) is 3.31. The van der Waals surface area contributed by atoms with Gasteiger partial charge in [0.1, 0.15) is 0 Å². The van der Waals surface area contributed by atoms with Gasteiger partial charge < -0.3 is 0 Å². The van der Waals surface area contributed by atoms with Gasteiger partial charge in [-0.2, -0.15) is 0 Å². The van der Waals surface area contributed by atoms with Crippen molar-refractivity contribution in [1.82, 2.24) is 0 Å². The van der Waals surface area contributed by atoms with Crippen molar-refractivity contribution in [2.24, 2.45) is 11.8 Å². The molecule has 0 bridgehead atoms. The van der Waals surface area contributed by atoms with Gasteiger partial charge in [0.2, 0.25) is 0 Å². The number of hydrogen-bond donors (Lipinski definition) is 0. The number of fused-ring (bicyclic) bond motifs is 1. The van der Waals surface area contributed by atoms with Gasteiger partial charge in [0.05, 0.1) is 0 Å². The van der Waals surface area contributed by atoms with Gasteiger partial charge in [-0.1, -0.05) is 50.3 Å². The summed E-state index contributed by atoms with van der Waals surface area (Å²) < 4.78 is 0. The maximum absolute atomic E-state index is 2.41. The monoisotopic (exact) mass is 200 g/mol. The van der Waals surface area contributed by atoms with Gasteiger partial charge in [-0.3, -0.25) is 0 Å². The minimum Gasteiger partial charge on any atom is -0.0813 e. The van der Waals surface area contributed by atoms with E-state index in [0.29, 0.717) is 5.92 Å². The highest BCUT2D eigenvalue weighted by Gasteiger charge is 2.31. The number of hydrogen-bond acceptors (Lipinski definition) is 0. The third kappa shape index (κ3) is 1.99. The van der Waals surface area contributed by atoms with Crippen molar-refractivity contribution < 1.29 is 0 Å². The lowest BCUT2D eigenvalue weighted by Gasteiger charge is -2.15. The van der Waals surface area contributed by atoms with Crippen molar-refractivity contribution in [1.29, 1.82) is 0 Å². The van der Waals surface area contributed by atoms with Crippen LogP contribution in [0.3, 0.4) is 0 Å². The molecule has 2 aliphatic rings. The van der Waals surface area contributed by atoms with Crippen LogP contribution < -0.4 is 0 Å². The van der Waals surface area contributed by atoms with E-state index in [1.807, 2.05) is 0 Å². The third-order valence-corrected chi connectivity index (χ3v) is 3.31. The standard InChI is InChI=1S/C15H20/c1-3-7-12-11-13-9-5-6-10-15(13)14(12)8-4-2/h5-10,13,15H,3-4,11H2,1-2H3. The molecule has 2 rings (SSSR count). The SMILES string of the molecule is CCC=C1CC2C=CC=CC2C1=CCC. The molecule has 0 amide bonds. The molecule has 0 nitrogen and oxygen atoms in total. The molecule has 0 heteroatoms. The molecule has 0 spiro atoms. The van der Waals surface area contributed by atoms with Crippen LogP contribution in [0.4, 0.5) is 0 Å². The summed E-state index contributed by atoms with van der Waals surface area (Å²) in [5.41, 5.74) is 3.18. The molecule has 1 fully saturated rings. The lowest BCUT2D eigenvalue weighted by Crippen LogP contribution is -2.05. The van der Waals surface area contributed by atoms with Crippen LogP contribution in [-0.4, -0.2) is 0 Å². The largest absolute Gasteiger partial charge is 0.0813 e. The number of allylic oxidation sites excluding steroid dienone is 8. The minimum atomic E-state index is 0.660. The smallest absolute Gasteiger partial charge is 0.00866 e. The Morgan fingerprint density at radius 2 is 1.87 bits per heavy atom. The zero-order valence-electron chi connectivity index (χ0n) is 9.74. The second-order valence-electron chi connectivity index (χ2n) is 4.37. The number of rotatable bonds is 2. The summed E-state index contributed by atoms with van der Waals surface area (Å²) in [5.74, 6) is 1.39. The van der Waals surface area contributed by atoms with E-state index in [1.54, 1.807) is 11.1 Å². The van der Waals surface area contributed by atoms with Crippen LogP contribution in [0.25, 0.3) is 0 Å². The first kappa shape index (κ1) is 10.5. The van der Waals surface area contributed by atoms with Gasteiger partial charge in [0.15, 0.2) is 0 Å². The molecule has 0 radical (unpaired) electrons. The molecule has 2 aliphatic carbocycles. The highest BCUT2D eigenvalue weighted by atomic mass is 14.4. The maximum Gasteiger partial charge on any atom is 0.00866 e. The van der Waals surface area contributed by atoms with E-state index in [2.05, 4.69) is 50.3 Å². The Balaban J connectivity index is 2.31. The predicted molar refractivity (Wildman–Crippen MR) is 66.6 cm³/mol. The summed E-state index contributed by atoms with van der Waals surface area (Å²) in [7, 11) is 0. The summed E-state index contributed by atoms with van der Waals surface area (Å²) in [6.07, 6.45) is 17.5. The summed E-state index contributed by atoms with van der Waals surface area (Å²) in [4.78, 5) is 0. The first-order valence-corrected chi connectivity index (χ1v) is 6.11. The van der Waals surface area contributed by atoms with Crippen LogP contribution in [0.5, 0.6) is 0 Å². The average Bonchev–Trinajstić information content (AvgIpc) is 2.59. The van der Waals surface area contributed by atoms with Gasteiger partial charge in [-0.25, -0.2) is 0 Å². The quantitative estimate of drug-likeness (QED) is 0.619. The summed E-state index contributed by atoms with van der Waals surface area (Å²) in [6, 6.07) is 0. The van der Waals surface area contributed by atoms with E-state index in [-0.39, 0.29) is 0 Å². The molecular weight excluding hydrogens is 180 g/mol. The van der Waals surface area contributed by atoms with Gasteiger partial charge in [0.25, 0.3) is 0 Å². The van der Waals surface area contributed by atoms with E-state index in [9.17, 15) is 0 Å². The Hall–Kier alpha value is -1.04. The van der Waals surface area contributed by atoms with Crippen molar-refractivity contribution in [3.05, 3.63) is 47.6 Å². The lowest BCUT2D eigenvalue weighted by molar-refractivity contribution is 0.596. The fourth-order valence-corrected chi connectivity index (χ4v) is 2.70. The average molecular weight is 200 g/mol. The Morgan fingerprint density at radius 3 is 2.60 bits per heavy atom. The Morgan fingerprint density at radius 1 is 1.13 bits per heavy atom. The molecule has 15 heavy (non-hydrogen) atoms. The van der Waals surface area contributed by atoms with Crippen LogP contribution >= 0.6 is 0 Å². The van der Waals surface area contributed by atoms with Gasteiger partial charge in [-0.05, 0) is 36.3 Å². The van der Waals surface area contributed by atoms with Gasteiger partial charge in [-0.15, -0.1) is 0 Å². The normalized spacial score (nSPS) is 34.0. The van der Waals surface area contributed by atoms with E-state index < -0.39 is 0 Å². The van der Waals surface area contributed by atoms with Crippen LogP contribution in [0, 0.1) is 11.8 Å². The molecule has 80 valence electrons. The van der Waals surface area contributed by atoms with Crippen LogP contribution in [0.15, 0.2) is 47.6 Å². The second-order valence-corrected chi connectivity index (χ2v) is 4.37. The Kier molecular flexibility index (Phi) is 3.25. The molecule has 2 unspecified atom stereocenters. The molecule has 0 N–H and O–H groups in total. The van der Waals surface area contributed by atoms with Gasteiger partial charge in [0, 0.05) is 5.92 Å². The van der Waals surface area contributed by atoms with Crippen LogP contribution in [0.1, 0.15) is 33.1 Å². The molecule has 2 atom stereocenters. The van der Waals surface area contributed by atoms with Crippen molar-refractivity contribution in [2.75, 3.05) is 0 Å². The maximum atomic E-state index is 2.41. The Labute approximate surface area is 93.1 Å². The molecule has 1 saturated carbocycles. The molecule has 0 aromatic rings. The van der Waals surface area contributed by atoms with Crippen molar-refractivity contribution >= 4 is 0 Å². The lowest BCUT2D eigenvalue weighted by atomic mass is 9.89. The first-order chi connectivity index (χ1) is 7.36. The zero-order chi connectivity index (χ0) is 10.7. The zero-order valence-corrected chi connectivity index (χ0v) is 9.74. The van der Waals surface area contributed by atoms with Crippen molar-refractivity contribution in [3.63, 3.8) is 0 Å². The van der Waals surface area contributed by atoms with E-state index in [0.717, 1.165) is 18.8 Å². The van der Waals surface area contributed by atoms with Gasteiger partial charge >= 0.3 is 0 Å². The van der Waals surface area contributed by atoms with E-state index in [1.165, 1.54) is 6.42 Å². The molecule has 0 heterocycles. The highest BCUT2D eigenvalue weighted by Crippen LogP contribution is 2.44. The molecule has 0 aromatic carbocycles. The summed E-state index contributed by atoms with van der Waals surface area (Å²) in [5, 5.41) is 0. The fraction of sp³-hybridized carbons (Fsp3) is 0.467. The summed E-state index contributed by atoms with van der Waals surface area (Å²) in [6.45, 7) is 4.45. The molecule has 0 saturated heterocycles. The predicted octanol–water partition coefficient (Wildman–Crippen LogP) is 4.42. The fourth-order valence-electron chi connectivity index (χ4n) is 2.70. The second kappa shape index (κ2) is 4.65. The van der Waals surface area contributed by atoms with E-state index >= 15 is 0 Å². The van der Waals surface area contributed by atoms with E-state index in [4.69, 9.17) is 0 Å².